The molecule has 130 valence electrons. The molecule has 1 aliphatic heterocycles. The van der Waals surface area contributed by atoms with Gasteiger partial charge in [0, 0.05) is 18.7 Å². The van der Waals surface area contributed by atoms with Crippen LogP contribution in [0.2, 0.25) is 0 Å². The van der Waals surface area contributed by atoms with E-state index in [0.717, 1.165) is 30.5 Å². The van der Waals surface area contributed by atoms with Crippen LogP contribution in [0, 0.1) is 11.3 Å². The molecular formula is C20H18N4O2. The summed E-state index contributed by atoms with van der Waals surface area (Å²) in [5.41, 5.74) is 2.58. The van der Waals surface area contributed by atoms with Crippen LogP contribution in [-0.4, -0.2) is 30.0 Å². The molecule has 0 bridgehead atoms. The minimum atomic E-state index is -0.175. The second kappa shape index (κ2) is 6.89. The Bertz CT molecular complexity index is 956. The molecule has 0 radical (unpaired) electrons. The predicted molar refractivity (Wildman–Crippen MR) is 97.9 cm³/mol. The van der Waals surface area contributed by atoms with Crippen molar-refractivity contribution in [3.63, 3.8) is 0 Å². The van der Waals surface area contributed by atoms with E-state index >= 15 is 0 Å². The highest BCUT2D eigenvalue weighted by Gasteiger charge is 2.28. The van der Waals surface area contributed by atoms with Crippen molar-refractivity contribution in [3.8, 4) is 6.07 Å². The van der Waals surface area contributed by atoms with Gasteiger partial charge in [-0.15, -0.1) is 0 Å². The summed E-state index contributed by atoms with van der Waals surface area (Å²) >= 11 is 0. The number of para-hydroxylation sites is 2. The van der Waals surface area contributed by atoms with Gasteiger partial charge in [0.15, 0.2) is 5.58 Å². The number of oxazole rings is 1. The highest BCUT2D eigenvalue weighted by molar-refractivity contribution is 5.94. The molecule has 0 saturated carbocycles. The van der Waals surface area contributed by atoms with Crippen LogP contribution in [0.1, 0.15) is 28.8 Å². The van der Waals surface area contributed by atoms with Crippen molar-refractivity contribution < 1.29 is 9.21 Å². The molecule has 0 unspecified atom stereocenters. The van der Waals surface area contributed by atoms with Gasteiger partial charge in [-0.1, -0.05) is 18.2 Å². The number of nitrogens with zero attached hydrogens (tertiary/aromatic N) is 3. The van der Waals surface area contributed by atoms with Gasteiger partial charge in [-0.2, -0.15) is 10.2 Å². The Hall–Kier alpha value is -3.33. The summed E-state index contributed by atoms with van der Waals surface area (Å²) in [4.78, 5) is 19.1. The largest absolute Gasteiger partial charge is 0.423 e. The number of rotatable bonds is 4. The Balaban J connectivity index is 1.45. The van der Waals surface area contributed by atoms with E-state index in [9.17, 15) is 4.79 Å². The van der Waals surface area contributed by atoms with Crippen LogP contribution >= 0.6 is 0 Å². The summed E-state index contributed by atoms with van der Waals surface area (Å²) in [6.07, 6.45) is 2.00. The molecule has 0 aliphatic carbocycles. The van der Waals surface area contributed by atoms with E-state index in [-0.39, 0.29) is 11.9 Å². The fraction of sp³-hybridized carbons (Fsp3) is 0.250. The van der Waals surface area contributed by atoms with Crippen molar-refractivity contribution >= 4 is 23.0 Å². The first-order valence-electron chi connectivity index (χ1n) is 8.65. The van der Waals surface area contributed by atoms with Crippen LogP contribution in [0.5, 0.6) is 0 Å². The zero-order chi connectivity index (χ0) is 17.9. The molecular weight excluding hydrogens is 328 g/mol. The van der Waals surface area contributed by atoms with Crippen LogP contribution in [-0.2, 0) is 0 Å². The molecule has 6 heteroatoms. The first-order chi connectivity index (χ1) is 12.7. The zero-order valence-electron chi connectivity index (χ0n) is 14.2. The number of fused-ring (bicyclic) bond motifs is 1. The Morgan fingerprint density at radius 2 is 2.19 bits per heavy atom. The quantitative estimate of drug-likeness (QED) is 0.785. The Labute approximate surface area is 151 Å². The Morgan fingerprint density at radius 3 is 3.04 bits per heavy atom. The Kier molecular flexibility index (Phi) is 4.28. The number of nitriles is 1. The van der Waals surface area contributed by atoms with Gasteiger partial charge in [0.2, 0.25) is 0 Å². The predicted octanol–water partition coefficient (Wildman–Crippen LogP) is 3.10. The number of hydrogen-bond acceptors (Lipinski definition) is 5. The van der Waals surface area contributed by atoms with Crippen LogP contribution in [0.15, 0.2) is 52.9 Å². The molecule has 1 atom stereocenters. The summed E-state index contributed by atoms with van der Waals surface area (Å²) < 4.78 is 5.87. The van der Waals surface area contributed by atoms with Crippen molar-refractivity contribution in [2.45, 2.75) is 18.9 Å². The van der Waals surface area contributed by atoms with E-state index in [0.29, 0.717) is 23.7 Å². The number of hydrogen-bond donors (Lipinski definition) is 1. The average Bonchev–Trinajstić information content (AvgIpc) is 3.32. The third-order valence-corrected chi connectivity index (χ3v) is 4.66. The second-order valence-corrected chi connectivity index (χ2v) is 6.36. The average molecular weight is 346 g/mol. The van der Waals surface area contributed by atoms with Gasteiger partial charge in [-0.25, -0.2) is 0 Å². The number of aromatic nitrogens is 1. The second-order valence-electron chi connectivity index (χ2n) is 6.36. The highest BCUT2D eigenvalue weighted by atomic mass is 16.4. The SMILES string of the molecule is N#Cc1cccc(C(=O)NC[C@@H]2CCCN2c2nc3ccccc3o2)c1. The maximum absolute atomic E-state index is 12.4. The van der Waals surface area contributed by atoms with Crippen molar-refractivity contribution in [2.24, 2.45) is 0 Å². The van der Waals surface area contributed by atoms with Gasteiger partial charge >= 0.3 is 0 Å². The third kappa shape index (κ3) is 3.11. The first kappa shape index (κ1) is 16.2. The van der Waals surface area contributed by atoms with Gasteiger partial charge in [0.25, 0.3) is 11.9 Å². The lowest BCUT2D eigenvalue weighted by atomic mass is 10.1. The third-order valence-electron chi connectivity index (χ3n) is 4.66. The van der Waals surface area contributed by atoms with Crippen LogP contribution in [0.4, 0.5) is 6.01 Å². The number of benzene rings is 2. The maximum atomic E-state index is 12.4. The van der Waals surface area contributed by atoms with Crippen LogP contribution in [0.25, 0.3) is 11.1 Å². The molecule has 1 aromatic heterocycles. The fourth-order valence-electron chi connectivity index (χ4n) is 3.33. The van der Waals surface area contributed by atoms with E-state index in [4.69, 9.17) is 9.68 Å². The number of anilines is 1. The summed E-state index contributed by atoms with van der Waals surface area (Å²) in [7, 11) is 0. The van der Waals surface area contributed by atoms with E-state index in [1.165, 1.54) is 0 Å². The molecule has 1 aliphatic rings. The van der Waals surface area contributed by atoms with Gasteiger partial charge in [-0.3, -0.25) is 4.79 Å². The summed E-state index contributed by atoms with van der Waals surface area (Å²) in [6, 6.07) is 17.2. The molecule has 1 saturated heterocycles. The van der Waals surface area contributed by atoms with Crippen molar-refractivity contribution in [2.75, 3.05) is 18.0 Å². The van der Waals surface area contributed by atoms with Crippen molar-refractivity contribution in [3.05, 3.63) is 59.7 Å². The molecule has 3 aromatic rings. The molecule has 1 amide bonds. The number of carbonyl (C=O) groups is 1. The molecule has 1 N–H and O–H groups in total. The zero-order valence-corrected chi connectivity index (χ0v) is 14.2. The van der Waals surface area contributed by atoms with E-state index in [2.05, 4.69) is 21.3 Å². The van der Waals surface area contributed by atoms with Crippen molar-refractivity contribution in [1.82, 2.24) is 10.3 Å². The minimum absolute atomic E-state index is 0.145. The number of nitrogens with one attached hydrogen (secondary N) is 1. The van der Waals surface area contributed by atoms with Gasteiger partial charge < -0.3 is 14.6 Å². The number of carbonyl (C=O) groups excluding carboxylic acids is 1. The van der Waals surface area contributed by atoms with Gasteiger partial charge in [-0.05, 0) is 43.2 Å². The van der Waals surface area contributed by atoms with Crippen molar-refractivity contribution in [1.29, 1.82) is 5.26 Å². The topological polar surface area (TPSA) is 82.2 Å². The van der Waals surface area contributed by atoms with Crippen LogP contribution < -0.4 is 10.2 Å². The molecule has 6 nitrogen and oxygen atoms in total. The fourth-order valence-corrected chi connectivity index (χ4v) is 3.33. The van der Waals surface area contributed by atoms with E-state index in [1.54, 1.807) is 24.3 Å². The normalized spacial score (nSPS) is 16.6. The Morgan fingerprint density at radius 1 is 1.31 bits per heavy atom. The summed E-state index contributed by atoms with van der Waals surface area (Å²) in [5, 5.41) is 11.9. The van der Waals surface area contributed by atoms with Gasteiger partial charge in [0.1, 0.15) is 5.52 Å². The lowest BCUT2D eigenvalue weighted by Crippen LogP contribution is -2.40. The molecule has 1 fully saturated rings. The maximum Gasteiger partial charge on any atom is 0.298 e. The minimum Gasteiger partial charge on any atom is -0.423 e. The molecule has 0 spiro atoms. The molecule has 2 heterocycles. The molecule has 26 heavy (non-hydrogen) atoms. The summed E-state index contributed by atoms with van der Waals surface area (Å²) in [5.74, 6) is -0.175. The first-order valence-corrected chi connectivity index (χ1v) is 8.65. The van der Waals surface area contributed by atoms with E-state index in [1.807, 2.05) is 24.3 Å². The smallest absolute Gasteiger partial charge is 0.298 e. The lowest BCUT2D eigenvalue weighted by molar-refractivity contribution is 0.0951. The lowest BCUT2D eigenvalue weighted by Gasteiger charge is -2.23. The summed E-state index contributed by atoms with van der Waals surface area (Å²) in [6.45, 7) is 1.37. The molecule has 2 aromatic carbocycles. The van der Waals surface area contributed by atoms with Gasteiger partial charge in [0.05, 0.1) is 17.7 Å². The van der Waals surface area contributed by atoms with Crippen LogP contribution in [0.3, 0.4) is 0 Å². The standard InChI is InChI=1S/C20H18N4O2/c21-12-14-5-3-6-15(11-14)19(25)22-13-16-7-4-10-24(16)20-23-17-8-1-2-9-18(17)26-20/h1-3,5-6,8-9,11,16H,4,7,10,13H2,(H,22,25)/t16-/m0/s1. The monoisotopic (exact) mass is 346 g/mol. The molecule has 4 rings (SSSR count). The highest BCUT2D eigenvalue weighted by Crippen LogP contribution is 2.28. The van der Waals surface area contributed by atoms with E-state index < -0.39 is 0 Å². The number of amides is 1.